The second-order valence-corrected chi connectivity index (χ2v) is 6.01. The van der Waals surface area contributed by atoms with Gasteiger partial charge in [-0.15, -0.1) is 0 Å². The highest BCUT2D eigenvalue weighted by molar-refractivity contribution is 9.10. The molecule has 1 aliphatic rings. The summed E-state index contributed by atoms with van der Waals surface area (Å²) in [5.74, 6) is 0.267. The van der Waals surface area contributed by atoms with Crippen molar-refractivity contribution < 1.29 is 19.0 Å². The molecule has 0 spiro atoms. The largest absolute Gasteiger partial charge is 0.467 e. The van der Waals surface area contributed by atoms with Crippen molar-refractivity contribution >= 4 is 33.5 Å². The third kappa shape index (κ3) is 3.27. The summed E-state index contributed by atoms with van der Waals surface area (Å²) in [4.78, 5) is 12.1. The molecular formula is C16H12BrClO4. The molecule has 0 unspecified atom stereocenters. The highest BCUT2D eigenvalue weighted by Gasteiger charge is 2.18. The minimum Gasteiger partial charge on any atom is -0.467 e. The highest BCUT2D eigenvalue weighted by atomic mass is 79.9. The molecule has 1 aliphatic heterocycles. The Morgan fingerprint density at radius 1 is 1.32 bits per heavy atom. The summed E-state index contributed by atoms with van der Waals surface area (Å²) < 4.78 is 16.8. The number of halogens is 2. The molecule has 2 aromatic rings. The van der Waals surface area contributed by atoms with Crippen molar-refractivity contribution in [2.75, 3.05) is 6.79 Å². The first-order valence-corrected chi connectivity index (χ1v) is 7.76. The molecule has 1 heterocycles. The van der Waals surface area contributed by atoms with Crippen molar-refractivity contribution in [3.8, 4) is 5.75 Å². The summed E-state index contributed by atoms with van der Waals surface area (Å²) in [7, 11) is 0. The minimum absolute atomic E-state index is 0.0864. The summed E-state index contributed by atoms with van der Waals surface area (Å²) in [5, 5.41) is 0.555. The summed E-state index contributed by atoms with van der Waals surface area (Å²) in [6.07, 6.45) is 0. The zero-order valence-electron chi connectivity index (χ0n) is 11.5. The maximum absolute atomic E-state index is 12.1. The molecular weight excluding hydrogens is 372 g/mol. The van der Waals surface area contributed by atoms with E-state index in [-0.39, 0.29) is 13.4 Å². The lowest BCUT2D eigenvalue weighted by molar-refractivity contribution is -0.0180. The fourth-order valence-corrected chi connectivity index (χ4v) is 2.92. The molecule has 0 aromatic heterocycles. The molecule has 0 radical (unpaired) electrons. The zero-order valence-corrected chi connectivity index (χ0v) is 13.8. The minimum atomic E-state index is -0.409. The van der Waals surface area contributed by atoms with Crippen LogP contribution >= 0.6 is 27.5 Å². The highest BCUT2D eigenvalue weighted by Crippen LogP contribution is 2.32. The Hall–Kier alpha value is -1.56. The van der Waals surface area contributed by atoms with Crippen molar-refractivity contribution in [3.63, 3.8) is 0 Å². The van der Waals surface area contributed by atoms with Gasteiger partial charge in [0, 0.05) is 20.6 Å². The van der Waals surface area contributed by atoms with Crippen LogP contribution in [-0.4, -0.2) is 12.8 Å². The Morgan fingerprint density at radius 3 is 2.95 bits per heavy atom. The number of ether oxygens (including phenoxy) is 3. The Morgan fingerprint density at radius 2 is 2.14 bits per heavy atom. The number of carbonyl (C=O) groups excluding carboxylic acids is 1. The van der Waals surface area contributed by atoms with Crippen LogP contribution in [-0.2, 0) is 22.7 Å². The van der Waals surface area contributed by atoms with Gasteiger partial charge in [0.2, 0.25) is 0 Å². The van der Waals surface area contributed by atoms with Gasteiger partial charge in [0.05, 0.1) is 12.2 Å². The van der Waals surface area contributed by atoms with Crippen molar-refractivity contribution in [1.29, 1.82) is 0 Å². The zero-order chi connectivity index (χ0) is 15.5. The molecule has 3 rings (SSSR count). The Labute approximate surface area is 141 Å². The topological polar surface area (TPSA) is 44.8 Å². The fraction of sp³-hybridized carbons (Fsp3) is 0.188. The lowest BCUT2D eigenvalue weighted by atomic mass is 10.1. The monoisotopic (exact) mass is 382 g/mol. The van der Waals surface area contributed by atoms with E-state index in [2.05, 4.69) is 15.9 Å². The average molecular weight is 384 g/mol. The van der Waals surface area contributed by atoms with Crippen molar-refractivity contribution in [3.05, 3.63) is 62.6 Å². The lowest BCUT2D eigenvalue weighted by Gasteiger charge is -2.21. The first-order valence-electron chi connectivity index (χ1n) is 6.58. The van der Waals surface area contributed by atoms with Gasteiger partial charge < -0.3 is 14.2 Å². The smallest absolute Gasteiger partial charge is 0.339 e. The van der Waals surface area contributed by atoms with Gasteiger partial charge in [-0.1, -0.05) is 23.7 Å². The maximum Gasteiger partial charge on any atom is 0.339 e. The first-order chi connectivity index (χ1) is 10.6. The molecule has 0 aliphatic carbocycles. The van der Waals surface area contributed by atoms with Crippen molar-refractivity contribution in [2.24, 2.45) is 0 Å². The van der Waals surface area contributed by atoms with Gasteiger partial charge in [-0.2, -0.15) is 0 Å². The Balaban J connectivity index is 1.78. The van der Waals surface area contributed by atoms with Crippen LogP contribution in [0.4, 0.5) is 0 Å². The van der Waals surface area contributed by atoms with Crippen molar-refractivity contribution in [2.45, 2.75) is 13.2 Å². The molecule has 0 amide bonds. The molecule has 4 nitrogen and oxygen atoms in total. The van der Waals surface area contributed by atoms with E-state index in [0.29, 0.717) is 27.4 Å². The number of hydrogen-bond acceptors (Lipinski definition) is 4. The van der Waals surface area contributed by atoms with Crippen LogP contribution in [0, 0.1) is 0 Å². The quantitative estimate of drug-likeness (QED) is 0.740. The average Bonchev–Trinajstić information content (AvgIpc) is 2.52. The molecule has 2 aromatic carbocycles. The van der Waals surface area contributed by atoms with Crippen LogP contribution in [0.3, 0.4) is 0 Å². The third-order valence-corrected chi connectivity index (χ3v) is 4.11. The molecule has 22 heavy (non-hydrogen) atoms. The number of benzene rings is 2. The van der Waals surface area contributed by atoms with Crippen LogP contribution in [0.1, 0.15) is 21.5 Å². The van der Waals surface area contributed by atoms with E-state index >= 15 is 0 Å². The van der Waals surface area contributed by atoms with Gasteiger partial charge in [-0.05, 0) is 40.2 Å². The number of esters is 1. The van der Waals surface area contributed by atoms with Crippen LogP contribution in [0.25, 0.3) is 0 Å². The second kappa shape index (κ2) is 6.69. The summed E-state index contributed by atoms with van der Waals surface area (Å²) in [5.41, 5.74) is 2.06. The normalized spacial score (nSPS) is 13.2. The van der Waals surface area contributed by atoms with E-state index in [0.717, 1.165) is 11.1 Å². The predicted molar refractivity (Wildman–Crippen MR) is 85.0 cm³/mol. The molecule has 0 saturated carbocycles. The summed E-state index contributed by atoms with van der Waals surface area (Å²) in [6.45, 7) is 0.698. The molecule has 0 bridgehead atoms. The maximum atomic E-state index is 12.1. The fourth-order valence-electron chi connectivity index (χ4n) is 2.21. The standard InChI is InChI=1S/C16H12BrClO4/c17-14-4-2-1-3-13(14)16(19)21-8-11-6-12(18)5-10-7-20-9-22-15(10)11/h1-6H,7-9H2. The van der Waals surface area contributed by atoms with E-state index < -0.39 is 5.97 Å². The first kappa shape index (κ1) is 15.3. The number of carbonyl (C=O) groups is 1. The lowest BCUT2D eigenvalue weighted by Crippen LogP contribution is -2.14. The van der Waals surface area contributed by atoms with E-state index in [1.807, 2.05) is 6.07 Å². The van der Waals surface area contributed by atoms with Crippen LogP contribution in [0.5, 0.6) is 5.75 Å². The second-order valence-electron chi connectivity index (χ2n) is 4.72. The molecule has 6 heteroatoms. The van der Waals surface area contributed by atoms with E-state index in [1.165, 1.54) is 0 Å². The SMILES string of the molecule is O=C(OCc1cc(Cl)cc2c1OCOC2)c1ccccc1Br. The van der Waals surface area contributed by atoms with Gasteiger partial charge >= 0.3 is 5.97 Å². The van der Waals surface area contributed by atoms with Gasteiger partial charge in [-0.25, -0.2) is 4.79 Å². The molecule has 0 saturated heterocycles. The molecule has 0 N–H and O–H groups in total. The van der Waals surface area contributed by atoms with Crippen LogP contribution in [0.15, 0.2) is 40.9 Å². The third-order valence-electron chi connectivity index (χ3n) is 3.20. The van der Waals surface area contributed by atoms with E-state index in [1.54, 1.807) is 30.3 Å². The van der Waals surface area contributed by atoms with Crippen LogP contribution in [0.2, 0.25) is 5.02 Å². The predicted octanol–water partition coefficient (Wildman–Crippen LogP) is 4.33. The molecule has 0 fully saturated rings. The van der Waals surface area contributed by atoms with Crippen LogP contribution < -0.4 is 4.74 Å². The Kier molecular flexibility index (Phi) is 4.66. The summed E-state index contributed by atoms with van der Waals surface area (Å²) >= 11 is 9.41. The number of fused-ring (bicyclic) bond motifs is 1. The molecule has 0 atom stereocenters. The van der Waals surface area contributed by atoms with Gasteiger partial charge in [0.15, 0.2) is 6.79 Å². The van der Waals surface area contributed by atoms with Gasteiger partial charge in [0.25, 0.3) is 0 Å². The molecule has 114 valence electrons. The van der Waals surface area contributed by atoms with Crippen molar-refractivity contribution in [1.82, 2.24) is 0 Å². The van der Waals surface area contributed by atoms with E-state index in [4.69, 9.17) is 25.8 Å². The number of rotatable bonds is 3. The van der Waals surface area contributed by atoms with Gasteiger partial charge in [-0.3, -0.25) is 0 Å². The van der Waals surface area contributed by atoms with Gasteiger partial charge in [0.1, 0.15) is 12.4 Å². The Bertz CT molecular complexity index is 717. The number of hydrogen-bond donors (Lipinski definition) is 0. The van der Waals surface area contributed by atoms with E-state index in [9.17, 15) is 4.79 Å². The summed E-state index contributed by atoms with van der Waals surface area (Å²) in [6, 6.07) is 10.6.